The van der Waals surface area contributed by atoms with Gasteiger partial charge in [0.25, 0.3) is 5.56 Å². The van der Waals surface area contributed by atoms with E-state index in [9.17, 15) is 9.59 Å². The Morgan fingerprint density at radius 1 is 1.16 bits per heavy atom. The quantitative estimate of drug-likeness (QED) is 0.532. The van der Waals surface area contributed by atoms with Gasteiger partial charge in [0.2, 0.25) is 0 Å². The molecule has 0 aliphatic heterocycles. The van der Waals surface area contributed by atoms with Gasteiger partial charge in [0.05, 0.1) is 18.6 Å². The van der Waals surface area contributed by atoms with Crippen LogP contribution in [0.25, 0.3) is 10.9 Å². The Bertz CT molecular complexity index is 1140. The zero-order valence-electron chi connectivity index (χ0n) is 13.8. The summed E-state index contributed by atoms with van der Waals surface area (Å²) in [5.41, 5.74) is 0.531. The molecule has 0 saturated carbocycles. The van der Waals surface area contributed by atoms with Crippen LogP contribution in [0.3, 0.4) is 0 Å². The van der Waals surface area contributed by atoms with Crippen LogP contribution >= 0.6 is 11.6 Å². The van der Waals surface area contributed by atoms with Gasteiger partial charge >= 0.3 is 5.69 Å². The molecule has 3 aromatic rings. The average molecular weight is 355 g/mol. The van der Waals surface area contributed by atoms with E-state index in [1.54, 1.807) is 6.92 Å². The van der Waals surface area contributed by atoms with Gasteiger partial charge in [0.1, 0.15) is 11.0 Å². The second-order valence-electron chi connectivity index (χ2n) is 5.43. The van der Waals surface area contributed by atoms with Crippen LogP contribution in [0.5, 0.6) is 0 Å². The van der Waals surface area contributed by atoms with Crippen LogP contribution in [-0.2, 0) is 13.1 Å². The number of rotatable bonds is 3. The number of para-hydroxylation sites is 1. The van der Waals surface area contributed by atoms with Gasteiger partial charge in [-0.2, -0.15) is 0 Å². The maximum Gasteiger partial charge on any atom is 0.333 e. The minimum atomic E-state index is -0.533. The molecule has 0 spiro atoms. The van der Waals surface area contributed by atoms with Gasteiger partial charge < -0.3 is 0 Å². The Morgan fingerprint density at radius 2 is 1.92 bits per heavy atom. The van der Waals surface area contributed by atoms with Crippen molar-refractivity contribution >= 4 is 22.5 Å². The molecule has 0 radical (unpaired) electrons. The molecular weight excluding hydrogens is 340 g/mol. The lowest BCUT2D eigenvalue weighted by atomic mass is 10.2. The molecule has 3 rings (SSSR count). The lowest BCUT2D eigenvalue weighted by Gasteiger charge is -2.10. The highest BCUT2D eigenvalue weighted by Crippen LogP contribution is 2.14. The maximum atomic E-state index is 12.6. The number of nitrogens with zero attached hydrogens (tertiary/aromatic N) is 4. The highest BCUT2D eigenvalue weighted by Gasteiger charge is 2.12. The van der Waals surface area contributed by atoms with Gasteiger partial charge in [-0.05, 0) is 19.9 Å². The van der Waals surface area contributed by atoms with E-state index in [1.165, 1.54) is 10.6 Å². The summed E-state index contributed by atoms with van der Waals surface area (Å²) in [7, 11) is 0. The van der Waals surface area contributed by atoms with Crippen molar-refractivity contribution in [2.24, 2.45) is 0 Å². The number of hydrogen-bond donors (Lipinski definition) is 0. The number of fused-ring (bicyclic) bond motifs is 1. The molecule has 0 saturated heterocycles. The van der Waals surface area contributed by atoms with E-state index in [1.807, 2.05) is 31.2 Å². The second kappa shape index (κ2) is 6.91. The summed E-state index contributed by atoms with van der Waals surface area (Å²) in [5, 5.41) is 0.995. The Balaban J connectivity index is 2.10. The van der Waals surface area contributed by atoms with Crippen molar-refractivity contribution in [3.63, 3.8) is 0 Å². The molecule has 0 N–H and O–H groups in total. The lowest BCUT2D eigenvalue weighted by molar-refractivity contribution is 0.607. The molecule has 0 aliphatic rings. The van der Waals surface area contributed by atoms with Crippen molar-refractivity contribution in [1.82, 2.24) is 19.1 Å². The van der Waals surface area contributed by atoms with Crippen LogP contribution in [-0.4, -0.2) is 19.1 Å². The normalized spacial score (nSPS) is 10.5. The molecule has 0 bridgehead atoms. The third kappa shape index (κ3) is 3.32. The summed E-state index contributed by atoms with van der Waals surface area (Å²) >= 11 is 6.00. The fourth-order valence-corrected chi connectivity index (χ4v) is 2.77. The van der Waals surface area contributed by atoms with Crippen LogP contribution in [0.1, 0.15) is 18.4 Å². The van der Waals surface area contributed by atoms with Crippen molar-refractivity contribution < 1.29 is 0 Å². The predicted octanol–water partition coefficient (Wildman–Crippen LogP) is 1.99. The zero-order valence-corrected chi connectivity index (χ0v) is 14.5. The van der Waals surface area contributed by atoms with Crippen molar-refractivity contribution in [1.29, 1.82) is 0 Å². The molecular formula is C18H15ClN4O2. The average Bonchev–Trinajstić information content (AvgIpc) is 2.58. The fraction of sp³-hybridized carbons (Fsp3) is 0.222. The summed E-state index contributed by atoms with van der Waals surface area (Å²) in [4.78, 5) is 33.7. The van der Waals surface area contributed by atoms with Crippen LogP contribution in [0.2, 0.25) is 5.15 Å². The molecule has 2 heterocycles. The van der Waals surface area contributed by atoms with E-state index >= 15 is 0 Å². The standard InChI is InChI=1S/C18H15ClN4O2/c1-3-4-9-22-15(19)10-17(24)23(18(22)25)11-16-20-12(2)13-7-5-6-8-14(13)21-16/h5-8,10H,9,11H2,1-2H3. The summed E-state index contributed by atoms with van der Waals surface area (Å²) in [6.07, 6.45) is 0. The summed E-state index contributed by atoms with van der Waals surface area (Å²) in [5.74, 6) is 5.87. The molecule has 1 aromatic carbocycles. The van der Waals surface area contributed by atoms with E-state index in [-0.39, 0.29) is 18.2 Å². The van der Waals surface area contributed by atoms with Gasteiger partial charge in [-0.1, -0.05) is 35.7 Å². The number of aryl methyl sites for hydroxylation is 1. The Kier molecular flexibility index (Phi) is 4.68. The van der Waals surface area contributed by atoms with Crippen LogP contribution in [0.15, 0.2) is 39.9 Å². The number of halogens is 1. The minimum Gasteiger partial charge on any atom is -0.272 e. The van der Waals surface area contributed by atoms with Crippen molar-refractivity contribution in [2.75, 3.05) is 0 Å². The SMILES string of the molecule is CC#CCn1c(Cl)cc(=O)n(Cc2nc(C)c3ccccc3n2)c1=O. The van der Waals surface area contributed by atoms with Gasteiger partial charge in [0, 0.05) is 17.1 Å². The van der Waals surface area contributed by atoms with E-state index < -0.39 is 11.2 Å². The Morgan fingerprint density at radius 3 is 2.68 bits per heavy atom. The molecule has 7 heteroatoms. The third-order valence-corrected chi connectivity index (χ3v) is 4.10. The largest absolute Gasteiger partial charge is 0.333 e. The Hall–Kier alpha value is -2.91. The van der Waals surface area contributed by atoms with Crippen LogP contribution in [0, 0.1) is 18.8 Å². The first-order chi connectivity index (χ1) is 12.0. The molecule has 25 heavy (non-hydrogen) atoms. The molecule has 126 valence electrons. The highest BCUT2D eigenvalue weighted by atomic mass is 35.5. The second-order valence-corrected chi connectivity index (χ2v) is 5.82. The topological polar surface area (TPSA) is 69.8 Å². The van der Waals surface area contributed by atoms with E-state index in [2.05, 4.69) is 21.8 Å². The van der Waals surface area contributed by atoms with Crippen LogP contribution in [0.4, 0.5) is 0 Å². The van der Waals surface area contributed by atoms with Gasteiger partial charge in [-0.3, -0.25) is 13.9 Å². The fourth-order valence-electron chi connectivity index (χ4n) is 2.54. The molecule has 6 nitrogen and oxygen atoms in total. The first-order valence-electron chi connectivity index (χ1n) is 7.63. The molecule has 0 atom stereocenters. The smallest absolute Gasteiger partial charge is 0.272 e. The Labute approximate surface area is 148 Å². The predicted molar refractivity (Wildman–Crippen MR) is 96.8 cm³/mol. The zero-order chi connectivity index (χ0) is 18.0. The monoisotopic (exact) mass is 354 g/mol. The maximum absolute atomic E-state index is 12.6. The molecule has 0 amide bonds. The molecule has 0 aliphatic carbocycles. The number of aromatic nitrogens is 4. The highest BCUT2D eigenvalue weighted by molar-refractivity contribution is 6.29. The van der Waals surface area contributed by atoms with Crippen LogP contribution < -0.4 is 11.2 Å². The van der Waals surface area contributed by atoms with Gasteiger partial charge in [-0.15, -0.1) is 5.92 Å². The summed E-state index contributed by atoms with van der Waals surface area (Å²) in [6.45, 7) is 3.63. The van der Waals surface area contributed by atoms with Gasteiger partial charge in [-0.25, -0.2) is 14.8 Å². The summed E-state index contributed by atoms with van der Waals surface area (Å²) < 4.78 is 2.31. The van der Waals surface area contributed by atoms with Crippen molar-refractivity contribution in [3.05, 3.63) is 67.8 Å². The van der Waals surface area contributed by atoms with E-state index in [0.29, 0.717) is 5.82 Å². The van der Waals surface area contributed by atoms with E-state index in [0.717, 1.165) is 21.2 Å². The lowest BCUT2D eigenvalue weighted by Crippen LogP contribution is -2.40. The molecule has 2 aromatic heterocycles. The van der Waals surface area contributed by atoms with Gasteiger partial charge in [0.15, 0.2) is 0 Å². The first-order valence-corrected chi connectivity index (χ1v) is 8.01. The molecule has 0 fully saturated rings. The van der Waals surface area contributed by atoms with Crippen molar-refractivity contribution in [3.8, 4) is 11.8 Å². The third-order valence-electron chi connectivity index (χ3n) is 3.78. The van der Waals surface area contributed by atoms with E-state index in [4.69, 9.17) is 11.6 Å². The number of hydrogen-bond acceptors (Lipinski definition) is 4. The first kappa shape index (κ1) is 16.9. The van der Waals surface area contributed by atoms with Crippen molar-refractivity contribution in [2.45, 2.75) is 26.9 Å². The number of benzene rings is 1. The minimum absolute atomic E-state index is 0.0277. The summed E-state index contributed by atoms with van der Waals surface area (Å²) in [6, 6.07) is 8.79. The molecule has 0 unspecified atom stereocenters.